The summed E-state index contributed by atoms with van der Waals surface area (Å²) in [6.07, 6.45) is 1.85. The summed E-state index contributed by atoms with van der Waals surface area (Å²) >= 11 is 1.21. The van der Waals surface area contributed by atoms with Crippen molar-refractivity contribution in [2.45, 2.75) is 48.1 Å². The Morgan fingerprint density at radius 3 is 2.50 bits per heavy atom. The molecule has 0 aliphatic carbocycles. The standard InChI is InChI=1S/C21H24N2O2S/c1-7-23-19(25)17(11-15-10-13(2)8-9-14(15)3)26-20(23)16(12-22)18(24)21(4,5)6/h8-11H,7H2,1-6H3/b17-11-,20-16+. The predicted molar refractivity (Wildman–Crippen MR) is 106 cm³/mol. The first-order valence-electron chi connectivity index (χ1n) is 8.58. The van der Waals surface area contributed by atoms with E-state index in [2.05, 4.69) is 0 Å². The molecule has 1 heterocycles. The minimum absolute atomic E-state index is 0.0575. The number of Topliss-reactive ketones (excluding diaryl/α,β-unsaturated/α-hetero) is 1. The van der Waals surface area contributed by atoms with Crippen molar-refractivity contribution in [1.29, 1.82) is 5.26 Å². The first-order valence-corrected chi connectivity index (χ1v) is 9.39. The predicted octanol–water partition coefficient (Wildman–Crippen LogP) is 2.66. The second kappa shape index (κ2) is 7.43. The van der Waals surface area contributed by atoms with Gasteiger partial charge in [0.15, 0.2) is 5.78 Å². The highest BCUT2D eigenvalue weighted by molar-refractivity contribution is 7.07. The van der Waals surface area contributed by atoms with Gasteiger partial charge in [-0.2, -0.15) is 5.26 Å². The molecule has 136 valence electrons. The van der Waals surface area contributed by atoms with Crippen molar-refractivity contribution >= 4 is 28.8 Å². The van der Waals surface area contributed by atoms with E-state index in [1.54, 1.807) is 20.8 Å². The summed E-state index contributed by atoms with van der Waals surface area (Å²) in [5.74, 6) is -0.248. The SMILES string of the molecule is CCn1c(=O)/c(=C/c2cc(C)ccc2C)s/c1=C(\C#N)C(=O)C(C)(C)C. The van der Waals surface area contributed by atoms with Crippen LogP contribution in [0.2, 0.25) is 0 Å². The van der Waals surface area contributed by atoms with E-state index in [4.69, 9.17) is 0 Å². The number of benzene rings is 1. The number of rotatable bonds is 3. The van der Waals surface area contributed by atoms with Gasteiger partial charge in [-0.25, -0.2) is 0 Å². The number of carbonyl (C=O) groups is 1. The Bertz CT molecular complexity index is 1070. The largest absolute Gasteiger partial charge is 0.298 e. The number of aromatic nitrogens is 1. The quantitative estimate of drug-likeness (QED) is 0.837. The normalized spacial score (nSPS) is 13.5. The number of carbonyl (C=O) groups excluding carboxylic acids is 1. The monoisotopic (exact) mass is 368 g/mol. The van der Waals surface area contributed by atoms with Gasteiger partial charge in [-0.3, -0.25) is 14.2 Å². The van der Waals surface area contributed by atoms with Gasteiger partial charge in [-0.15, -0.1) is 11.3 Å². The van der Waals surface area contributed by atoms with Crippen molar-refractivity contribution in [2.75, 3.05) is 0 Å². The molecule has 0 saturated carbocycles. The topological polar surface area (TPSA) is 62.9 Å². The van der Waals surface area contributed by atoms with Crippen LogP contribution in [0.15, 0.2) is 23.0 Å². The third-order valence-corrected chi connectivity index (χ3v) is 5.31. The first kappa shape index (κ1) is 19.9. The van der Waals surface area contributed by atoms with Crippen LogP contribution in [0, 0.1) is 30.6 Å². The lowest BCUT2D eigenvalue weighted by Crippen LogP contribution is -2.33. The van der Waals surface area contributed by atoms with E-state index in [-0.39, 0.29) is 16.9 Å². The van der Waals surface area contributed by atoms with Crippen LogP contribution in [0.5, 0.6) is 0 Å². The lowest BCUT2D eigenvalue weighted by Gasteiger charge is -2.15. The zero-order valence-electron chi connectivity index (χ0n) is 16.1. The van der Waals surface area contributed by atoms with Gasteiger partial charge in [-0.05, 0) is 38.0 Å². The number of thiazole rings is 1. The summed E-state index contributed by atoms with van der Waals surface area (Å²) in [5.41, 5.74) is 2.37. The van der Waals surface area contributed by atoms with Gasteiger partial charge in [-0.1, -0.05) is 44.5 Å². The third-order valence-electron chi connectivity index (χ3n) is 4.18. The van der Waals surface area contributed by atoms with E-state index in [9.17, 15) is 14.9 Å². The molecule has 0 radical (unpaired) electrons. The summed E-state index contributed by atoms with van der Waals surface area (Å²) in [4.78, 5) is 25.5. The molecule has 0 unspecified atom stereocenters. The molecule has 0 N–H and O–H groups in total. The zero-order valence-corrected chi connectivity index (χ0v) is 17.0. The van der Waals surface area contributed by atoms with Gasteiger partial charge in [0, 0.05) is 12.0 Å². The molecule has 1 aromatic carbocycles. The fraction of sp³-hybridized carbons (Fsp3) is 0.381. The Labute approximate surface area is 157 Å². The number of nitrogens with zero attached hydrogens (tertiary/aromatic N) is 2. The molecule has 2 rings (SSSR count). The maximum atomic E-state index is 12.8. The number of hydrogen-bond donors (Lipinski definition) is 0. The number of hydrogen-bond acceptors (Lipinski definition) is 4. The molecule has 1 aromatic heterocycles. The molecule has 4 nitrogen and oxygen atoms in total. The van der Waals surface area contributed by atoms with E-state index in [1.807, 2.05) is 51.1 Å². The van der Waals surface area contributed by atoms with Gasteiger partial charge < -0.3 is 0 Å². The third kappa shape index (κ3) is 3.86. The molecule has 5 heteroatoms. The van der Waals surface area contributed by atoms with Crippen LogP contribution in [0.3, 0.4) is 0 Å². The highest BCUT2D eigenvalue weighted by atomic mass is 32.1. The average Bonchev–Trinajstić information content (AvgIpc) is 2.86. The van der Waals surface area contributed by atoms with Crippen molar-refractivity contribution in [3.8, 4) is 6.07 Å². The Morgan fingerprint density at radius 2 is 1.96 bits per heavy atom. The van der Waals surface area contributed by atoms with E-state index in [1.165, 1.54) is 15.9 Å². The molecule has 26 heavy (non-hydrogen) atoms. The lowest BCUT2D eigenvalue weighted by molar-refractivity contribution is -0.120. The smallest absolute Gasteiger partial charge is 0.269 e. The molecule has 0 aliphatic rings. The van der Waals surface area contributed by atoms with Crippen LogP contribution in [0.4, 0.5) is 0 Å². The minimum atomic E-state index is -0.680. The van der Waals surface area contributed by atoms with E-state index in [0.29, 0.717) is 15.7 Å². The molecule has 0 bridgehead atoms. The molecule has 0 amide bonds. The summed E-state index contributed by atoms with van der Waals surface area (Å²) in [5, 5.41) is 9.58. The molecular weight excluding hydrogens is 344 g/mol. The second-order valence-electron chi connectivity index (χ2n) is 7.39. The number of nitriles is 1. The Kier molecular flexibility index (Phi) is 5.68. The van der Waals surface area contributed by atoms with Crippen molar-refractivity contribution in [3.63, 3.8) is 0 Å². The van der Waals surface area contributed by atoms with E-state index < -0.39 is 5.41 Å². The van der Waals surface area contributed by atoms with Crippen LogP contribution < -0.4 is 14.8 Å². The second-order valence-corrected chi connectivity index (χ2v) is 8.42. The van der Waals surface area contributed by atoms with Crippen LogP contribution in [0.1, 0.15) is 44.4 Å². The van der Waals surface area contributed by atoms with Crippen molar-refractivity contribution in [2.24, 2.45) is 5.41 Å². The van der Waals surface area contributed by atoms with Crippen LogP contribution in [-0.2, 0) is 11.3 Å². The maximum absolute atomic E-state index is 12.8. The first-order chi connectivity index (χ1) is 12.1. The van der Waals surface area contributed by atoms with Crippen molar-refractivity contribution in [3.05, 3.63) is 54.4 Å². The molecule has 0 saturated heterocycles. The van der Waals surface area contributed by atoms with Gasteiger partial charge in [0.05, 0.1) is 4.53 Å². The highest BCUT2D eigenvalue weighted by Gasteiger charge is 2.27. The average molecular weight is 369 g/mol. The molecule has 0 fully saturated rings. The molecular formula is C21H24N2O2S. The Hall–Kier alpha value is -2.45. The molecule has 0 spiro atoms. The van der Waals surface area contributed by atoms with Crippen molar-refractivity contribution < 1.29 is 4.79 Å². The number of ketones is 1. The summed E-state index contributed by atoms with van der Waals surface area (Å²) in [7, 11) is 0. The van der Waals surface area contributed by atoms with Crippen LogP contribution >= 0.6 is 11.3 Å². The Balaban J connectivity index is 2.87. The van der Waals surface area contributed by atoms with E-state index in [0.717, 1.165) is 16.7 Å². The molecule has 0 aliphatic heterocycles. The summed E-state index contributed by atoms with van der Waals surface area (Å²) in [6, 6.07) is 8.10. The fourth-order valence-electron chi connectivity index (χ4n) is 2.62. The summed E-state index contributed by atoms with van der Waals surface area (Å²) < 4.78 is 2.49. The van der Waals surface area contributed by atoms with Gasteiger partial charge in [0.2, 0.25) is 0 Å². The van der Waals surface area contributed by atoms with Crippen LogP contribution in [0.25, 0.3) is 11.6 Å². The number of aryl methyl sites for hydroxylation is 2. The fourth-order valence-corrected chi connectivity index (χ4v) is 3.77. The van der Waals surface area contributed by atoms with Gasteiger partial charge >= 0.3 is 0 Å². The molecule has 2 aromatic rings. The Morgan fingerprint density at radius 1 is 1.31 bits per heavy atom. The minimum Gasteiger partial charge on any atom is -0.298 e. The van der Waals surface area contributed by atoms with Crippen LogP contribution in [-0.4, -0.2) is 10.4 Å². The lowest BCUT2D eigenvalue weighted by atomic mass is 9.87. The highest BCUT2D eigenvalue weighted by Crippen LogP contribution is 2.19. The van der Waals surface area contributed by atoms with Gasteiger partial charge in [0.1, 0.15) is 16.3 Å². The molecule has 0 atom stereocenters. The van der Waals surface area contributed by atoms with Gasteiger partial charge in [0.25, 0.3) is 5.56 Å². The zero-order chi connectivity index (χ0) is 19.6. The maximum Gasteiger partial charge on any atom is 0.269 e. The summed E-state index contributed by atoms with van der Waals surface area (Å²) in [6.45, 7) is 11.6. The van der Waals surface area contributed by atoms with E-state index >= 15 is 0 Å². The van der Waals surface area contributed by atoms with Crippen molar-refractivity contribution in [1.82, 2.24) is 4.57 Å².